The average molecular weight is 185 g/mol. The highest BCUT2D eigenvalue weighted by Gasteiger charge is 1.92. The van der Waals surface area contributed by atoms with Crippen molar-refractivity contribution in [2.75, 3.05) is 5.73 Å². The predicted octanol–water partition coefficient (Wildman–Crippen LogP) is -0.315. The predicted molar refractivity (Wildman–Crippen MR) is 44.5 cm³/mol. The van der Waals surface area contributed by atoms with Crippen LogP contribution in [0.5, 0.6) is 0 Å². The summed E-state index contributed by atoms with van der Waals surface area (Å²) < 4.78 is 0.967. The van der Waals surface area contributed by atoms with Crippen molar-refractivity contribution in [1.29, 1.82) is 0 Å². The van der Waals surface area contributed by atoms with Gasteiger partial charge >= 0.3 is 0 Å². The molecule has 0 radical (unpaired) electrons. The Balaban J connectivity index is 3.17. The van der Waals surface area contributed by atoms with Crippen LogP contribution in [0.25, 0.3) is 0 Å². The minimum Gasteiger partial charge on any atom is -0.384 e. The number of hydrogen-bond donors (Lipinski definition) is 1. The molecule has 9 heavy (non-hydrogen) atoms. The Labute approximate surface area is 63.0 Å². The first-order chi connectivity index (χ1) is 4.20. The molecule has 1 heterocycles. The van der Waals surface area contributed by atoms with E-state index in [2.05, 4.69) is 20.9 Å². The molecule has 0 unspecified atom stereocenters. The van der Waals surface area contributed by atoms with Gasteiger partial charge in [0, 0.05) is 10.7 Å². The fourth-order valence-corrected chi connectivity index (χ4v) is 0.997. The second kappa shape index (κ2) is 2.39. The molecule has 0 aliphatic carbocycles. The third-order valence-electron chi connectivity index (χ3n) is 1.09. The molecule has 1 aromatic rings. The van der Waals surface area contributed by atoms with Crippen LogP contribution < -0.4 is 11.2 Å². The molecule has 46 valence electrons. The van der Waals surface area contributed by atoms with Gasteiger partial charge in [-0.25, -0.2) is 4.98 Å². The van der Waals surface area contributed by atoms with Crippen LogP contribution in [0.4, 0.5) is 5.82 Å². The Morgan fingerprint density at radius 3 is 2.78 bits per heavy atom. The van der Waals surface area contributed by atoms with Crippen LogP contribution in [0.15, 0.2) is 16.7 Å². The van der Waals surface area contributed by atoms with Crippen LogP contribution in [0, 0.1) is 0 Å². The Kier molecular flexibility index (Phi) is 1.76. The van der Waals surface area contributed by atoms with Crippen LogP contribution in [0.2, 0.25) is 0 Å². The molecule has 0 saturated heterocycles. The third-order valence-corrected chi connectivity index (χ3v) is 1.52. The lowest BCUT2D eigenvalue weighted by molar-refractivity contribution is 1.34. The molecule has 0 spiro atoms. The molecule has 2 N–H and O–H groups in total. The molecular formula is C5H6BBrN2. The van der Waals surface area contributed by atoms with Crippen molar-refractivity contribution in [2.24, 2.45) is 0 Å². The minimum atomic E-state index is 0.596. The van der Waals surface area contributed by atoms with Gasteiger partial charge in [0.2, 0.25) is 0 Å². The number of pyridine rings is 1. The molecule has 0 saturated carbocycles. The molecule has 0 aliphatic rings. The summed E-state index contributed by atoms with van der Waals surface area (Å²) in [6.07, 6.45) is 1.68. The van der Waals surface area contributed by atoms with Crippen molar-refractivity contribution in [3.05, 3.63) is 16.7 Å². The highest BCUT2D eigenvalue weighted by atomic mass is 79.9. The quantitative estimate of drug-likeness (QED) is 0.562. The smallest absolute Gasteiger partial charge is 0.144 e. The summed E-state index contributed by atoms with van der Waals surface area (Å²) in [6.45, 7) is 0. The average Bonchev–Trinajstić information content (AvgIpc) is 1.80. The van der Waals surface area contributed by atoms with Crippen molar-refractivity contribution >= 4 is 35.1 Å². The van der Waals surface area contributed by atoms with Crippen LogP contribution in [-0.4, -0.2) is 12.8 Å². The number of nitrogens with zero attached hydrogens (tertiary/aromatic N) is 1. The van der Waals surface area contributed by atoms with E-state index >= 15 is 0 Å². The summed E-state index contributed by atoms with van der Waals surface area (Å²) in [7, 11) is 1.92. The second-order valence-electron chi connectivity index (χ2n) is 1.86. The van der Waals surface area contributed by atoms with E-state index in [9.17, 15) is 0 Å². The normalized spacial score (nSPS) is 9.44. The van der Waals surface area contributed by atoms with Gasteiger partial charge in [-0.1, -0.05) is 0 Å². The van der Waals surface area contributed by atoms with Gasteiger partial charge in [0.05, 0.1) is 0 Å². The number of anilines is 1. The highest BCUT2D eigenvalue weighted by Crippen LogP contribution is 2.04. The van der Waals surface area contributed by atoms with E-state index in [4.69, 9.17) is 5.73 Å². The van der Waals surface area contributed by atoms with Gasteiger partial charge in [-0.3, -0.25) is 0 Å². The van der Waals surface area contributed by atoms with Gasteiger partial charge in [0.15, 0.2) is 0 Å². The molecular weight excluding hydrogens is 179 g/mol. The first-order valence-corrected chi connectivity index (χ1v) is 3.37. The first-order valence-electron chi connectivity index (χ1n) is 2.58. The van der Waals surface area contributed by atoms with Gasteiger partial charge < -0.3 is 5.73 Å². The maximum Gasteiger partial charge on any atom is 0.144 e. The Bertz CT molecular complexity index is 226. The highest BCUT2D eigenvalue weighted by molar-refractivity contribution is 9.10. The SMILES string of the molecule is Bc1cc(Br)cnc1N. The standard InChI is InChI=1S/C5H6BBrN2/c6-4-1-3(7)2-9-5(4)8/h1-2H,6H2,(H2,8,9). The number of rotatable bonds is 0. The van der Waals surface area contributed by atoms with E-state index in [-0.39, 0.29) is 0 Å². The van der Waals surface area contributed by atoms with E-state index in [1.165, 1.54) is 0 Å². The van der Waals surface area contributed by atoms with Crippen LogP contribution >= 0.6 is 15.9 Å². The molecule has 0 fully saturated rings. The Morgan fingerprint density at radius 2 is 2.33 bits per heavy atom. The molecule has 0 aliphatic heterocycles. The largest absolute Gasteiger partial charge is 0.384 e. The zero-order valence-electron chi connectivity index (χ0n) is 5.06. The number of hydrogen-bond acceptors (Lipinski definition) is 2. The van der Waals surface area contributed by atoms with Crippen LogP contribution in [0.1, 0.15) is 0 Å². The summed E-state index contributed by atoms with van der Waals surface area (Å²) in [4.78, 5) is 3.91. The monoisotopic (exact) mass is 184 g/mol. The van der Waals surface area contributed by atoms with E-state index in [0.29, 0.717) is 5.82 Å². The lowest BCUT2D eigenvalue weighted by atomic mass is 9.98. The van der Waals surface area contributed by atoms with Crippen molar-refractivity contribution < 1.29 is 0 Å². The number of aromatic nitrogens is 1. The fraction of sp³-hybridized carbons (Fsp3) is 0. The second-order valence-corrected chi connectivity index (χ2v) is 2.77. The van der Waals surface area contributed by atoms with Crippen molar-refractivity contribution in [3.63, 3.8) is 0 Å². The molecule has 4 heteroatoms. The minimum absolute atomic E-state index is 0.596. The molecule has 1 aromatic heterocycles. The molecule has 2 nitrogen and oxygen atoms in total. The van der Waals surface area contributed by atoms with Gasteiger partial charge in [0.25, 0.3) is 0 Å². The zero-order valence-corrected chi connectivity index (χ0v) is 6.64. The first kappa shape index (κ1) is 6.61. The van der Waals surface area contributed by atoms with Gasteiger partial charge in [-0.15, -0.1) is 0 Å². The summed E-state index contributed by atoms with van der Waals surface area (Å²) in [5.74, 6) is 0.596. The summed E-state index contributed by atoms with van der Waals surface area (Å²) >= 11 is 3.28. The molecule has 0 amide bonds. The lowest BCUT2D eigenvalue weighted by Crippen LogP contribution is -2.10. The zero-order chi connectivity index (χ0) is 6.85. The van der Waals surface area contributed by atoms with Crippen LogP contribution in [-0.2, 0) is 0 Å². The lowest BCUT2D eigenvalue weighted by Gasteiger charge is -1.96. The molecule has 0 aromatic carbocycles. The van der Waals surface area contributed by atoms with E-state index in [0.717, 1.165) is 9.94 Å². The topological polar surface area (TPSA) is 38.9 Å². The van der Waals surface area contributed by atoms with Crippen molar-refractivity contribution in [2.45, 2.75) is 0 Å². The Hall–Kier alpha value is -0.505. The maximum absolute atomic E-state index is 5.46. The van der Waals surface area contributed by atoms with E-state index in [1.54, 1.807) is 6.20 Å². The summed E-state index contributed by atoms with van der Waals surface area (Å²) in [6, 6.07) is 1.93. The van der Waals surface area contributed by atoms with E-state index < -0.39 is 0 Å². The fourth-order valence-electron chi connectivity index (χ4n) is 0.551. The van der Waals surface area contributed by atoms with E-state index in [1.807, 2.05) is 13.9 Å². The molecule has 0 bridgehead atoms. The van der Waals surface area contributed by atoms with Gasteiger partial charge in [-0.05, 0) is 27.5 Å². The maximum atomic E-state index is 5.46. The molecule has 1 rings (SSSR count). The van der Waals surface area contributed by atoms with Gasteiger partial charge in [-0.2, -0.15) is 0 Å². The van der Waals surface area contributed by atoms with Crippen LogP contribution in [0.3, 0.4) is 0 Å². The number of nitrogens with two attached hydrogens (primary N) is 1. The van der Waals surface area contributed by atoms with Gasteiger partial charge in [0.1, 0.15) is 13.7 Å². The number of nitrogen functional groups attached to an aromatic ring is 1. The summed E-state index contributed by atoms with van der Waals surface area (Å²) in [5, 5.41) is 0. The van der Waals surface area contributed by atoms with Crippen molar-refractivity contribution in [1.82, 2.24) is 4.98 Å². The summed E-state index contributed by atoms with van der Waals surface area (Å²) in [5.41, 5.74) is 6.46. The van der Waals surface area contributed by atoms with Crippen molar-refractivity contribution in [3.8, 4) is 0 Å². The Morgan fingerprint density at radius 1 is 1.67 bits per heavy atom. The molecule has 0 atom stereocenters. The number of halogens is 1. The third kappa shape index (κ3) is 1.45.